The van der Waals surface area contributed by atoms with Gasteiger partial charge in [0.15, 0.2) is 11.5 Å². The number of pyridine rings is 2. The van der Waals surface area contributed by atoms with E-state index in [-0.39, 0.29) is 18.3 Å². The second-order valence-corrected chi connectivity index (χ2v) is 7.93. The first-order valence-corrected chi connectivity index (χ1v) is 9.57. The summed E-state index contributed by atoms with van der Waals surface area (Å²) in [6, 6.07) is 2.83. The van der Waals surface area contributed by atoms with Gasteiger partial charge in [0.2, 0.25) is 5.91 Å². The summed E-state index contributed by atoms with van der Waals surface area (Å²) in [6.07, 6.45) is 3.67. The van der Waals surface area contributed by atoms with E-state index in [1.54, 1.807) is 26.8 Å². The van der Waals surface area contributed by atoms with E-state index < -0.39 is 17.0 Å². The SMILES string of the molecule is Cc1nc(-c2nn(Cc3ccncc3F)c3ncc(F)cc23)nc2c1C(C)(C)C(=O)N2. The Bertz CT molecular complexity index is 1380. The first-order valence-electron chi connectivity index (χ1n) is 9.57. The minimum Gasteiger partial charge on any atom is -0.310 e. The quantitative estimate of drug-likeness (QED) is 0.546. The van der Waals surface area contributed by atoms with Crippen LogP contribution in [0, 0.1) is 18.6 Å². The third-order valence-corrected chi connectivity index (χ3v) is 5.46. The van der Waals surface area contributed by atoms with E-state index in [1.165, 1.54) is 16.9 Å². The van der Waals surface area contributed by atoms with E-state index in [2.05, 4.69) is 30.4 Å². The molecule has 0 atom stereocenters. The molecule has 1 amide bonds. The van der Waals surface area contributed by atoms with Crippen LogP contribution in [0.5, 0.6) is 0 Å². The number of hydrogen-bond acceptors (Lipinski definition) is 6. The van der Waals surface area contributed by atoms with Gasteiger partial charge in [-0.3, -0.25) is 9.78 Å². The van der Waals surface area contributed by atoms with Crippen LogP contribution in [0.4, 0.5) is 14.6 Å². The Kier molecular flexibility index (Phi) is 4.07. The second-order valence-electron chi connectivity index (χ2n) is 7.93. The number of carbonyl (C=O) groups excluding carboxylic acids is 1. The van der Waals surface area contributed by atoms with E-state index in [0.29, 0.717) is 39.4 Å². The molecular weight excluding hydrogens is 404 g/mol. The average Bonchev–Trinajstić information content (AvgIpc) is 3.17. The van der Waals surface area contributed by atoms with Crippen LogP contribution in [0.1, 0.15) is 30.7 Å². The van der Waals surface area contributed by atoms with Crippen molar-refractivity contribution in [2.45, 2.75) is 32.7 Å². The lowest BCUT2D eigenvalue weighted by molar-refractivity contribution is -0.119. The lowest BCUT2D eigenvalue weighted by Crippen LogP contribution is -2.27. The molecular formula is C21H17F2N7O. The molecule has 5 rings (SSSR count). The van der Waals surface area contributed by atoms with Crippen molar-refractivity contribution in [1.82, 2.24) is 29.7 Å². The van der Waals surface area contributed by atoms with Crippen LogP contribution in [0.2, 0.25) is 0 Å². The van der Waals surface area contributed by atoms with Crippen molar-refractivity contribution in [3.63, 3.8) is 0 Å². The molecule has 5 heterocycles. The molecule has 1 aliphatic rings. The molecule has 0 radical (unpaired) electrons. The Balaban J connectivity index is 1.69. The normalized spacial score (nSPS) is 14.7. The molecule has 0 aliphatic carbocycles. The Hall–Kier alpha value is -3.82. The predicted octanol–water partition coefficient (Wildman–Crippen LogP) is 3.15. The molecule has 8 nitrogen and oxygen atoms in total. The predicted molar refractivity (Wildman–Crippen MR) is 108 cm³/mol. The van der Waals surface area contributed by atoms with Crippen LogP contribution in [0.25, 0.3) is 22.6 Å². The molecule has 0 bridgehead atoms. The summed E-state index contributed by atoms with van der Waals surface area (Å²) < 4.78 is 29.6. The van der Waals surface area contributed by atoms with Gasteiger partial charge in [-0.2, -0.15) is 5.10 Å². The summed E-state index contributed by atoms with van der Waals surface area (Å²) in [5.41, 5.74) is 1.59. The number of anilines is 1. The number of nitrogens with one attached hydrogen (secondary N) is 1. The summed E-state index contributed by atoms with van der Waals surface area (Å²) in [4.78, 5) is 29.3. The molecule has 0 unspecified atom stereocenters. The molecule has 156 valence electrons. The third kappa shape index (κ3) is 2.94. The Morgan fingerprint density at radius 2 is 2.00 bits per heavy atom. The summed E-state index contributed by atoms with van der Waals surface area (Å²) >= 11 is 0. The van der Waals surface area contributed by atoms with Crippen LogP contribution in [-0.2, 0) is 16.8 Å². The number of amides is 1. The molecule has 0 saturated carbocycles. The fraction of sp³-hybridized carbons (Fsp3) is 0.238. The summed E-state index contributed by atoms with van der Waals surface area (Å²) in [5, 5.41) is 7.69. The number of halogens is 2. The molecule has 10 heteroatoms. The van der Waals surface area contributed by atoms with Gasteiger partial charge >= 0.3 is 0 Å². The molecule has 31 heavy (non-hydrogen) atoms. The van der Waals surface area contributed by atoms with E-state index in [1.807, 2.05) is 0 Å². The minimum atomic E-state index is -0.758. The van der Waals surface area contributed by atoms with Crippen molar-refractivity contribution in [3.8, 4) is 11.5 Å². The largest absolute Gasteiger partial charge is 0.310 e. The van der Waals surface area contributed by atoms with Crippen LogP contribution in [-0.4, -0.2) is 35.6 Å². The van der Waals surface area contributed by atoms with E-state index in [4.69, 9.17) is 0 Å². The van der Waals surface area contributed by atoms with Gasteiger partial charge in [0.1, 0.15) is 23.1 Å². The lowest BCUT2D eigenvalue weighted by atomic mass is 9.86. The summed E-state index contributed by atoms with van der Waals surface area (Å²) in [7, 11) is 0. The number of rotatable bonds is 3. The number of aryl methyl sites for hydroxylation is 1. The molecule has 0 aromatic carbocycles. The highest BCUT2D eigenvalue weighted by atomic mass is 19.1. The van der Waals surface area contributed by atoms with Crippen LogP contribution in [0.3, 0.4) is 0 Å². The number of aromatic nitrogens is 6. The van der Waals surface area contributed by atoms with Gasteiger partial charge in [-0.15, -0.1) is 0 Å². The van der Waals surface area contributed by atoms with Crippen molar-refractivity contribution < 1.29 is 13.6 Å². The molecule has 1 N–H and O–H groups in total. The maximum atomic E-state index is 14.1. The van der Waals surface area contributed by atoms with Crippen LogP contribution >= 0.6 is 0 Å². The Morgan fingerprint density at radius 1 is 1.19 bits per heavy atom. The third-order valence-electron chi connectivity index (χ3n) is 5.46. The van der Waals surface area contributed by atoms with Crippen molar-refractivity contribution in [3.05, 3.63) is 59.2 Å². The fourth-order valence-corrected chi connectivity index (χ4v) is 3.90. The van der Waals surface area contributed by atoms with E-state index >= 15 is 0 Å². The van der Waals surface area contributed by atoms with Crippen LogP contribution < -0.4 is 5.32 Å². The average molecular weight is 421 g/mol. The minimum absolute atomic E-state index is 0.0666. The highest BCUT2D eigenvalue weighted by molar-refractivity contribution is 6.05. The van der Waals surface area contributed by atoms with Gasteiger partial charge in [0, 0.05) is 23.0 Å². The summed E-state index contributed by atoms with van der Waals surface area (Å²) in [6.45, 7) is 5.46. The number of nitrogens with zero attached hydrogens (tertiary/aromatic N) is 6. The highest BCUT2D eigenvalue weighted by Crippen LogP contribution is 2.39. The van der Waals surface area contributed by atoms with Gasteiger partial charge in [-0.1, -0.05) is 0 Å². The van der Waals surface area contributed by atoms with Crippen LogP contribution in [0.15, 0.2) is 30.7 Å². The lowest BCUT2D eigenvalue weighted by Gasteiger charge is -2.16. The zero-order valence-corrected chi connectivity index (χ0v) is 16.9. The van der Waals surface area contributed by atoms with Crippen molar-refractivity contribution >= 4 is 22.8 Å². The van der Waals surface area contributed by atoms with Gasteiger partial charge < -0.3 is 5.32 Å². The van der Waals surface area contributed by atoms with E-state index in [0.717, 1.165) is 12.4 Å². The first kappa shape index (κ1) is 19.2. The van der Waals surface area contributed by atoms with Gasteiger partial charge in [-0.05, 0) is 32.9 Å². The maximum Gasteiger partial charge on any atom is 0.235 e. The highest BCUT2D eigenvalue weighted by Gasteiger charge is 2.41. The molecule has 0 saturated heterocycles. The van der Waals surface area contributed by atoms with Crippen molar-refractivity contribution in [2.75, 3.05) is 5.32 Å². The Morgan fingerprint density at radius 3 is 2.77 bits per heavy atom. The molecule has 1 aliphatic heterocycles. The van der Waals surface area contributed by atoms with Crippen molar-refractivity contribution in [1.29, 1.82) is 0 Å². The Labute approximate surface area is 175 Å². The maximum absolute atomic E-state index is 14.1. The van der Waals surface area contributed by atoms with Crippen molar-refractivity contribution in [2.24, 2.45) is 0 Å². The number of carbonyl (C=O) groups is 1. The van der Waals surface area contributed by atoms with Gasteiger partial charge in [0.25, 0.3) is 0 Å². The van der Waals surface area contributed by atoms with Gasteiger partial charge in [-0.25, -0.2) is 28.4 Å². The van der Waals surface area contributed by atoms with E-state index in [9.17, 15) is 13.6 Å². The zero-order chi connectivity index (χ0) is 21.9. The standard InChI is InChI=1S/C21H17F2N7O/c1-10-15-17(28-20(31)21(15,2)3)27-18(26-10)16-13-6-12(22)7-25-19(13)30(29-16)9-11-4-5-24-8-14(11)23/h4-8H,9H2,1-3H3,(H,26,27,28,31). The second kappa shape index (κ2) is 6.59. The smallest absolute Gasteiger partial charge is 0.235 e. The zero-order valence-electron chi connectivity index (χ0n) is 16.9. The summed E-state index contributed by atoms with van der Waals surface area (Å²) in [5.74, 6) is -0.571. The number of hydrogen-bond donors (Lipinski definition) is 1. The van der Waals surface area contributed by atoms with Gasteiger partial charge in [0.05, 0.1) is 29.7 Å². The molecule has 4 aromatic rings. The topological polar surface area (TPSA) is 98.5 Å². The molecule has 0 fully saturated rings. The first-order chi connectivity index (χ1) is 14.8. The molecule has 0 spiro atoms. The monoisotopic (exact) mass is 421 g/mol. The number of fused-ring (bicyclic) bond motifs is 2. The molecule has 4 aromatic heterocycles. The fourth-order valence-electron chi connectivity index (χ4n) is 3.90.